The van der Waals surface area contributed by atoms with Crippen molar-refractivity contribution in [2.24, 2.45) is 0 Å². The SMILES string of the molecule is COc1ccc(OC)c(NC(=O)N2Cc3ccccc3-n3cccc3[C@@H]2c2ccc(C)cc2)c1. The minimum atomic E-state index is -0.278. The number of anilines is 1. The number of amides is 2. The smallest absolute Gasteiger partial charge is 0.323 e. The maximum Gasteiger partial charge on any atom is 0.323 e. The molecule has 0 radical (unpaired) electrons. The fourth-order valence-electron chi connectivity index (χ4n) is 4.54. The van der Waals surface area contributed by atoms with E-state index in [0.29, 0.717) is 23.7 Å². The predicted molar refractivity (Wildman–Crippen MR) is 133 cm³/mol. The number of nitrogens with one attached hydrogen (secondary N) is 1. The van der Waals surface area contributed by atoms with Gasteiger partial charge < -0.3 is 24.3 Å². The van der Waals surface area contributed by atoms with Crippen molar-refractivity contribution in [2.45, 2.75) is 19.5 Å². The van der Waals surface area contributed by atoms with E-state index in [2.05, 4.69) is 65.5 Å². The molecule has 6 heteroatoms. The number of hydrogen-bond donors (Lipinski definition) is 1. The van der Waals surface area contributed by atoms with Crippen LogP contribution in [0, 0.1) is 6.92 Å². The number of benzene rings is 3. The van der Waals surface area contributed by atoms with E-state index < -0.39 is 0 Å². The third-order valence-electron chi connectivity index (χ3n) is 6.27. The van der Waals surface area contributed by atoms with E-state index in [1.54, 1.807) is 32.4 Å². The fourth-order valence-corrected chi connectivity index (χ4v) is 4.54. The summed E-state index contributed by atoms with van der Waals surface area (Å²) in [6.07, 6.45) is 2.06. The Morgan fingerprint density at radius 3 is 2.50 bits per heavy atom. The molecule has 4 aromatic rings. The summed E-state index contributed by atoms with van der Waals surface area (Å²) in [5.41, 5.74) is 5.96. The maximum atomic E-state index is 13.9. The van der Waals surface area contributed by atoms with E-state index in [4.69, 9.17) is 9.47 Å². The van der Waals surface area contributed by atoms with Crippen molar-refractivity contribution in [1.29, 1.82) is 0 Å². The molecular weight excluding hydrogens is 426 g/mol. The van der Waals surface area contributed by atoms with Gasteiger partial charge in [0.05, 0.1) is 38.2 Å². The summed E-state index contributed by atoms with van der Waals surface area (Å²) in [5.74, 6) is 1.21. The normalized spacial score (nSPS) is 14.6. The number of carbonyl (C=O) groups is 1. The Bertz CT molecular complexity index is 1330. The van der Waals surface area contributed by atoms with Gasteiger partial charge in [0.15, 0.2) is 0 Å². The Labute approximate surface area is 199 Å². The summed E-state index contributed by atoms with van der Waals surface area (Å²) in [7, 11) is 3.18. The van der Waals surface area contributed by atoms with Crippen LogP contribution >= 0.6 is 0 Å². The summed E-state index contributed by atoms with van der Waals surface area (Å²) in [4.78, 5) is 15.8. The highest BCUT2D eigenvalue weighted by Gasteiger charge is 2.33. The zero-order chi connectivity index (χ0) is 23.7. The number of rotatable bonds is 4. The number of hydrogen-bond acceptors (Lipinski definition) is 3. The van der Waals surface area contributed by atoms with E-state index in [0.717, 1.165) is 22.5 Å². The van der Waals surface area contributed by atoms with Crippen LogP contribution in [0.2, 0.25) is 0 Å². The molecule has 0 aliphatic carbocycles. The minimum absolute atomic E-state index is 0.221. The van der Waals surface area contributed by atoms with Gasteiger partial charge in [0.2, 0.25) is 0 Å². The molecule has 0 saturated carbocycles. The topological polar surface area (TPSA) is 55.7 Å². The quantitative estimate of drug-likeness (QED) is 0.416. The summed E-state index contributed by atoms with van der Waals surface area (Å²) >= 11 is 0. The van der Waals surface area contributed by atoms with Gasteiger partial charge in [0, 0.05) is 18.0 Å². The highest BCUT2D eigenvalue weighted by atomic mass is 16.5. The van der Waals surface area contributed by atoms with Gasteiger partial charge in [-0.2, -0.15) is 0 Å². The second kappa shape index (κ2) is 8.98. The highest BCUT2D eigenvalue weighted by molar-refractivity contribution is 5.92. The van der Waals surface area contributed by atoms with Crippen LogP contribution in [0.5, 0.6) is 11.5 Å². The van der Waals surface area contributed by atoms with Crippen LogP contribution in [-0.4, -0.2) is 29.7 Å². The summed E-state index contributed by atoms with van der Waals surface area (Å²) in [5, 5.41) is 3.07. The van der Waals surface area contributed by atoms with Crippen LogP contribution < -0.4 is 14.8 Å². The molecule has 3 aromatic carbocycles. The second-order valence-corrected chi connectivity index (χ2v) is 8.37. The van der Waals surface area contributed by atoms with E-state index in [9.17, 15) is 4.79 Å². The molecule has 1 N–H and O–H groups in total. The van der Waals surface area contributed by atoms with Crippen LogP contribution in [0.4, 0.5) is 10.5 Å². The molecule has 172 valence electrons. The molecule has 34 heavy (non-hydrogen) atoms. The average Bonchev–Trinajstić information content (AvgIpc) is 3.29. The molecule has 2 heterocycles. The number of methoxy groups -OCH3 is 2. The molecule has 1 aliphatic rings. The van der Waals surface area contributed by atoms with Gasteiger partial charge in [0.25, 0.3) is 0 Å². The Morgan fingerprint density at radius 2 is 1.74 bits per heavy atom. The lowest BCUT2D eigenvalue weighted by atomic mass is 10.0. The van der Waals surface area contributed by atoms with Crippen molar-refractivity contribution in [1.82, 2.24) is 9.47 Å². The van der Waals surface area contributed by atoms with Crippen LogP contribution in [0.1, 0.15) is 28.4 Å². The van der Waals surface area contributed by atoms with Crippen molar-refractivity contribution >= 4 is 11.7 Å². The number of fused-ring (bicyclic) bond motifs is 3. The lowest BCUT2D eigenvalue weighted by Crippen LogP contribution is -2.38. The second-order valence-electron chi connectivity index (χ2n) is 8.37. The molecule has 0 fully saturated rings. The van der Waals surface area contributed by atoms with Gasteiger partial charge in [0.1, 0.15) is 11.5 Å². The summed E-state index contributed by atoms with van der Waals surface area (Å²) < 4.78 is 13.0. The first kappa shape index (κ1) is 21.6. The lowest BCUT2D eigenvalue weighted by molar-refractivity contribution is 0.194. The van der Waals surface area contributed by atoms with Crippen LogP contribution in [0.25, 0.3) is 5.69 Å². The van der Waals surface area contributed by atoms with Gasteiger partial charge in [-0.05, 0) is 48.4 Å². The number of ether oxygens (including phenoxy) is 2. The van der Waals surface area contributed by atoms with Gasteiger partial charge in [-0.15, -0.1) is 0 Å². The lowest BCUT2D eigenvalue weighted by Gasteiger charge is -2.31. The van der Waals surface area contributed by atoms with E-state index in [-0.39, 0.29) is 12.1 Å². The zero-order valence-corrected chi connectivity index (χ0v) is 19.5. The average molecular weight is 454 g/mol. The maximum absolute atomic E-state index is 13.9. The third kappa shape index (κ3) is 3.88. The molecule has 2 amide bonds. The van der Waals surface area contributed by atoms with Crippen molar-refractivity contribution in [2.75, 3.05) is 19.5 Å². The standard InChI is InChI=1S/C28H27N3O3/c1-19-10-12-20(13-11-19)27-25-9-6-16-30(25)24-8-5-4-7-21(24)18-31(27)28(32)29-23-17-22(33-2)14-15-26(23)34-3/h4-17,27H,18H2,1-3H3,(H,29,32)/t27-/m0/s1. The largest absolute Gasteiger partial charge is 0.497 e. The number of urea groups is 1. The highest BCUT2D eigenvalue weighted by Crippen LogP contribution is 2.38. The molecule has 1 aromatic heterocycles. The first-order chi connectivity index (χ1) is 16.6. The van der Waals surface area contributed by atoms with E-state index in [1.165, 1.54) is 5.56 Å². The number of para-hydroxylation sites is 1. The molecule has 0 bridgehead atoms. The summed E-state index contributed by atoms with van der Waals surface area (Å²) in [6.45, 7) is 2.52. The first-order valence-electron chi connectivity index (χ1n) is 11.2. The molecule has 0 unspecified atom stereocenters. The van der Waals surface area contributed by atoms with Gasteiger partial charge in [-0.3, -0.25) is 0 Å². The zero-order valence-electron chi connectivity index (χ0n) is 19.5. The fraction of sp³-hybridized carbons (Fsp3) is 0.179. The molecule has 0 saturated heterocycles. The molecule has 5 rings (SSSR count). The van der Waals surface area contributed by atoms with E-state index in [1.807, 2.05) is 23.1 Å². The Morgan fingerprint density at radius 1 is 0.941 bits per heavy atom. The number of carbonyl (C=O) groups excluding carboxylic acids is 1. The molecular formula is C28H27N3O3. The predicted octanol–water partition coefficient (Wildman–Crippen LogP) is 5.94. The van der Waals surface area contributed by atoms with Crippen molar-refractivity contribution < 1.29 is 14.3 Å². The number of nitrogens with zero attached hydrogens (tertiary/aromatic N) is 2. The molecule has 1 aliphatic heterocycles. The van der Waals surface area contributed by atoms with Crippen LogP contribution in [-0.2, 0) is 6.54 Å². The Balaban J connectivity index is 1.62. The Hall–Kier alpha value is -4.19. The number of aromatic nitrogens is 1. The van der Waals surface area contributed by atoms with Gasteiger partial charge in [-0.25, -0.2) is 4.79 Å². The van der Waals surface area contributed by atoms with Crippen LogP contribution in [0.3, 0.4) is 0 Å². The van der Waals surface area contributed by atoms with Crippen molar-refractivity contribution in [3.63, 3.8) is 0 Å². The van der Waals surface area contributed by atoms with Gasteiger partial charge >= 0.3 is 6.03 Å². The Kier molecular flexibility index (Phi) is 5.72. The van der Waals surface area contributed by atoms with Crippen molar-refractivity contribution in [3.8, 4) is 17.2 Å². The number of aryl methyl sites for hydroxylation is 1. The molecule has 1 atom stereocenters. The monoisotopic (exact) mass is 453 g/mol. The molecule has 0 spiro atoms. The van der Waals surface area contributed by atoms with Crippen LogP contribution in [0.15, 0.2) is 85.1 Å². The molecule has 6 nitrogen and oxygen atoms in total. The summed E-state index contributed by atoms with van der Waals surface area (Å²) in [6, 6.07) is 25.5. The van der Waals surface area contributed by atoms with E-state index >= 15 is 0 Å². The third-order valence-corrected chi connectivity index (χ3v) is 6.27. The first-order valence-corrected chi connectivity index (χ1v) is 11.2. The minimum Gasteiger partial charge on any atom is -0.497 e. The van der Waals surface area contributed by atoms with Gasteiger partial charge in [-0.1, -0.05) is 48.0 Å². The van der Waals surface area contributed by atoms with Crippen molar-refractivity contribution in [3.05, 3.63) is 107 Å².